The molecule has 0 atom stereocenters. The van der Waals surface area contributed by atoms with E-state index in [1.165, 1.54) is 6.26 Å². The quantitative estimate of drug-likeness (QED) is 0.636. The van der Waals surface area contributed by atoms with Crippen molar-refractivity contribution in [2.45, 2.75) is 0 Å². The maximum absolute atomic E-state index is 10.6. The van der Waals surface area contributed by atoms with Crippen molar-refractivity contribution >= 4 is 12.0 Å². The largest absolute Gasteiger partial charge is 0.459 e. The highest BCUT2D eigenvalue weighted by molar-refractivity contribution is 5.80. The molecule has 1 aromatic heterocycles. The zero-order valence-electron chi connectivity index (χ0n) is 7.23. The molecule has 0 unspecified atom stereocenters. The van der Waals surface area contributed by atoms with Gasteiger partial charge in [-0.05, 0) is 0 Å². The van der Waals surface area contributed by atoms with E-state index in [9.17, 15) is 4.79 Å². The zero-order chi connectivity index (χ0) is 9.10. The summed E-state index contributed by atoms with van der Waals surface area (Å²) in [5.41, 5.74) is 0.873. The van der Waals surface area contributed by atoms with Crippen LogP contribution in [-0.4, -0.2) is 32.6 Å². The van der Waals surface area contributed by atoms with Crippen LogP contribution in [0.5, 0.6) is 0 Å². The summed E-state index contributed by atoms with van der Waals surface area (Å²) < 4.78 is 10.2. The van der Waals surface area contributed by atoms with Crippen LogP contribution in [0.15, 0.2) is 16.7 Å². The third-order valence-corrected chi connectivity index (χ3v) is 2.13. The molecule has 2 heterocycles. The zero-order valence-corrected chi connectivity index (χ0v) is 7.23. The van der Waals surface area contributed by atoms with E-state index >= 15 is 0 Å². The summed E-state index contributed by atoms with van der Waals surface area (Å²) in [5, 5.41) is 0. The highest BCUT2D eigenvalue weighted by atomic mass is 16.5. The second kappa shape index (κ2) is 3.62. The monoisotopic (exact) mass is 181 g/mol. The first kappa shape index (κ1) is 8.31. The Kier molecular flexibility index (Phi) is 2.31. The van der Waals surface area contributed by atoms with Crippen LogP contribution in [0.1, 0.15) is 10.6 Å². The van der Waals surface area contributed by atoms with Crippen LogP contribution in [0.3, 0.4) is 0 Å². The highest BCUT2D eigenvalue weighted by Gasteiger charge is 2.16. The summed E-state index contributed by atoms with van der Waals surface area (Å²) in [5.74, 6) is 0.405. The predicted octanol–water partition coefficient (Wildman–Crippen LogP) is 0.929. The molecule has 0 aromatic carbocycles. The van der Waals surface area contributed by atoms with Gasteiger partial charge in [-0.15, -0.1) is 0 Å². The van der Waals surface area contributed by atoms with E-state index in [2.05, 4.69) is 4.90 Å². The lowest BCUT2D eigenvalue weighted by molar-refractivity contribution is 0.109. The number of rotatable bonds is 2. The molecule has 0 spiro atoms. The Hall–Kier alpha value is -1.29. The molecule has 2 rings (SSSR count). The first-order valence-electron chi connectivity index (χ1n) is 4.27. The summed E-state index contributed by atoms with van der Waals surface area (Å²) in [4.78, 5) is 12.7. The molecule has 1 aromatic rings. The topological polar surface area (TPSA) is 42.7 Å². The lowest BCUT2D eigenvalue weighted by Gasteiger charge is -2.27. The Labute approximate surface area is 76.1 Å². The summed E-state index contributed by atoms with van der Waals surface area (Å²) in [6.45, 7) is 3.06. The summed E-state index contributed by atoms with van der Waals surface area (Å²) in [6, 6.07) is 1.81. The SMILES string of the molecule is O=Cc1occc1N1CCOCC1. The van der Waals surface area contributed by atoms with Crippen molar-refractivity contribution < 1.29 is 13.9 Å². The van der Waals surface area contributed by atoms with E-state index in [4.69, 9.17) is 9.15 Å². The van der Waals surface area contributed by atoms with E-state index in [0.717, 1.165) is 25.1 Å². The first-order valence-corrected chi connectivity index (χ1v) is 4.27. The van der Waals surface area contributed by atoms with Crippen molar-refractivity contribution in [3.8, 4) is 0 Å². The molecule has 1 saturated heterocycles. The molecule has 1 aliphatic rings. The van der Waals surface area contributed by atoms with Gasteiger partial charge in [0.25, 0.3) is 0 Å². The minimum Gasteiger partial charge on any atom is -0.459 e. The maximum Gasteiger partial charge on any atom is 0.189 e. The van der Waals surface area contributed by atoms with Gasteiger partial charge < -0.3 is 14.1 Å². The second-order valence-corrected chi connectivity index (χ2v) is 2.89. The highest BCUT2D eigenvalue weighted by Crippen LogP contribution is 2.20. The standard InChI is InChI=1S/C9H11NO3/c11-7-9-8(1-4-13-9)10-2-5-12-6-3-10/h1,4,7H,2-3,5-6H2. The van der Waals surface area contributed by atoms with Crippen LogP contribution >= 0.6 is 0 Å². The molecule has 4 nitrogen and oxygen atoms in total. The molecular formula is C9H11NO3. The number of furan rings is 1. The smallest absolute Gasteiger partial charge is 0.189 e. The number of hydrogen-bond donors (Lipinski definition) is 0. The van der Waals surface area contributed by atoms with E-state index in [-0.39, 0.29) is 0 Å². The van der Waals surface area contributed by atoms with Gasteiger partial charge in [-0.3, -0.25) is 4.79 Å². The number of ether oxygens (including phenoxy) is 1. The minimum atomic E-state index is 0.405. The summed E-state index contributed by atoms with van der Waals surface area (Å²) in [7, 11) is 0. The molecule has 1 aliphatic heterocycles. The molecule has 70 valence electrons. The Bertz CT molecular complexity index is 289. The van der Waals surface area contributed by atoms with Crippen molar-refractivity contribution in [1.82, 2.24) is 0 Å². The lowest BCUT2D eigenvalue weighted by Crippen LogP contribution is -2.36. The first-order chi connectivity index (χ1) is 6.42. The fourth-order valence-corrected chi connectivity index (χ4v) is 1.47. The van der Waals surface area contributed by atoms with Gasteiger partial charge in [0.2, 0.25) is 0 Å². The number of carbonyl (C=O) groups excluding carboxylic acids is 1. The maximum atomic E-state index is 10.6. The molecule has 13 heavy (non-hydrogen) atoms. The molecular weight excluding hydrogens is 170 g/mol. The fraction of sp³-hybridized carbons (Fsp3) is 0.444. The van der Waals surface area contributed by atoms with E-state index in [0.29, 0.717) is 19.0 Å². The van der Waals surface area contributed by atoms with Crippen LogP contribution in [0, 0.1) is 0 Å². The Balaban J connectivity index is 2.17. The molecule has 0 amide bonds. The fourth-order valence-electron chi connectivity index (χ4n) is 1.47. The van der Waals surface area contributed by atoms with Crippen LogP contribution in [0.4, 0.5) is 5.69 Å². The van der Waals surface area contributed by atoms with Crippen LogP contribution in [0.2, 0.25) is 0 Å². The third kappa shape index (κ3) is 1.58. The Morgan fingerprint density at radius 1 is 1.38 bits per heavy atom. The van der Waals surface area contributed by atoms with Gasteiger partial charge in [0.1, 0.15) is 0 Å². The van der Waals surface area contributed by atoms with Crippen LogP contribution in [0.25, 0.3) is 0 Å². The number of carbonyl (C=O) groups is 1. The molecule has 0 aliphatic carbocycles. The molecule has 4 heteroatoms. The van der Waals surface area contributed by atoms with E-state index in [1.807, 2.05) is 6.07 Å². The van der Waals surface area contributed by atoms with Crippen LogP contribution in [-0.2, 0) is 4.74 Å². The van der Waals surface area contributed by atoms with Crippen LogP contribution < -0.4 is 4.90 Å². The van der Waals surface area contributed by atoms with Gasteiger partial charge in [0.15, 0.2) is 12.0 Å². The molecule has 0 radical (unpaired) electrons. The molecule has 0 saturated carbocycles. The number of aldehydes is 1. The molecule has 0 N–H and O–H groups in total. The van der Waals surface area contributed by atoms with Crippen molar-refractivity contribution in [1.29, 1.82) is 0 Å². The van der Waals surface area contributed by atoms with Gasteiger partial charge in [-0.2, -0.15) is 0 Å². The normalized spacial score (nSPS) is 17.4. The Morgan fingerprint density at radius 3 is 2.85 bits per heavy atom. The van der Waals surface area contributed by atoms with Gasteiger partial charge >= 0.3 is 0 Å². The average Bonchev–Trinajstić information content (AvgIpc) is 2.67. The van der Waals surface area contributed by atoms with Crippen molar-refractivity contribution in [2.24, 2.45) is 0 Å². The van der Waals surface area contributed by atoms with Crippen molar-refractivity contribution in [3.63, 3.8) is 0 Å². The molecule has 0 bridgehead atoms. The van der Waals surface area contributed by atoms with E-state index in [1.54, 1.807) is 0 Å². The summed E-state index contributed by atoms with van der Waals surface area (Å²) >= 11 is 0. The second-order valence-electron chi connectivity index (χ2n) is 2.89. The van der Waals surface area contributed by atoms with Gasteiger partial charge in [0.05, 0.1) is 25.2 Å². The average molecular weight is 181 g/mol. The predicted molar refractivity (Wildman–Crippen MR) is 47.1 cm³/mol. The number of morpholine rings is 1. The third-order valence-electron chi connectivity index (χ3n) is 2.13. The van der Waals surface area contributed by atoms with Gasteiger partial charge in [0, 0.05) is 19.2 Å². The number of hydrogen-bond acceptors (Lipinski definition) is 4. The lowest BCUT2D eigenvalue weighted by atomic mass is 10.3. The minimum absolute atomic E-state index is 0.405. The number of nitrogens with zero attached hydrogens (tertiary/aromatic N) is 1. The van der Waals surface area contributed by atoms with E-state index < -0.39 is 0 Å². The van der Waals surface area contributed by atoms with Crippen molar-refractivity contribution in [2.75, 3.05) is 31.2 Å². The van der Waals surface area contributed by atoms with Gasteiger partial charge in [-0.1, -0.05) is 0 Å². The number of anilines is 1. The van der Waals surface area contributed by atoms with Crippen molar-refractivity contribution in [3.05, 3.63) is 18.1 Å². The Morgan fingerprint density at radius 2 is 2.15 bits per heavy atom. The van der Waals surface area contributed by atoms with Gasteiger partial charge in [-0.25, -0.2) is 0 Å². The molecule has 1 fully saturated rings. The summed E-state index contributed by atoms with van der Waals surface area (Å²) in [6.07, 6.45) is 2.28.